The zero-order valence-electron chi connectivity index (χ0n) is 10.8. The van der Waals surface area contributed by atoms with Crippen molar-refractivity contribution in [2.75, 3.05) is 14.2 Å². The van der Waals surface area contributed by atoms with Crippen molar-refractivity contribution in [1.82, 2.24) is 0 Å². The topological polar surface area (TPSA) is 18.5 Å². The second kappa shape index (κ2) is 6.34. The second-order valence-corrected chi connectivity index (χ2v) is 4.16. The van der Waals surface area contributed by atoms with Gasteiger partial charge < -0.3 is 9.47 Å². The van der Waals surface area contributed by atoms with Crippen LogP contribution in [-0.4, -0.2) is 14.2 Å². The van der Waals surface area contributed by atoms with E-state index in [-0.39, 0.29) is 6.29 Å². The Morgan fingerprint density at radius 3 is 2.11 bits per heavy atom. The number of benzene rings is 2. The number of ether oxygens (including phenoxy) is 2. The molecule has 0 bridgehead atoms. The normalized spacial score (nSPS) is 10.8. The molecule has 0 fully saturated rings. The van der Waals surface area contributed by atoms with Gasteiger partial charge in [0.15, 0.2) is 6.29 Å². The van der Waals surface area contributed by atoms with Crippen LogP contribution in [0.5, 0.6) is 0 Å². The summed E-state index contributed by atoms with van der Waals surface area (Å²) >= 11 is 0. The molecule has 2 aromatic rings. The third kappa shape index (κ3) is 2.97. The molecule has 18 heavy (non-hydrogen) atoms. The van der Waals surface area contributed by atoms with Crippen LogP contribution < -0.4 is 0 Å². The van der Waals surface area contributed by atoms with Crippen molar-refractivity contribution in [1.29, 1.82) is 0 Å². The van der Waals surface area contributed by atoms with Crippen LogP contribution in [-0.2, 0) is 15.9 Å². The summed E-state index contributed by atoms with van der Waals surface area (Å²) in [5.74, 6) is 0. The molecule has 0 aliphatic heterocycles. The minimum atomic E-state index is -0.301. The van der Waals surface area contributed by atoms with Crippen molar-refractivity contribution in [3.63, 3.8) is 0 Å². The van der Waals surface area contributed by atoms with Crippen molar-refractivity contribution in [2.45, 2.75) is 12.7 Å². The first-order chi connectivity index (χ1) is 8.85. The summed E-state index contributed by atoms with van der Waals surface area (Å²) in [5.41, 5.74) is 3.61. The van der Waals surface area contributed by atoms with Gasteiger partial charge in [0, 0.05) is 19.8 Å². The summed E-state index contributed by atoms with van der Waals surface area (Å²) in [7, 11) is 3.32. The highest BCUT2D eigenvalue weighted by Gasteiger charge is 2.13. The molecule has 0 N–H and O–H groups in total. The maximum Gasteiger partial charge on any atom is 0.183 e. The van der Waals surface area contributed by atoms with Crippen LogP contribution in [0.1, 0.15) is 23.0 Å². The zero-order chi connectivity index (χ0) is 12.8. The highest BCUT2D eigenvalue weighted by Crippen LogP contribution is 2.23. The lowest BCUT2D eigenvalue weighted by atomic mass is 9.99. The van der Waals surface area contributed by atoms with E-state index in [2.05, 4.69) is 36.4 Å². The largest absolute Gasteiger partial charge is 0.352 e. The highest BCUT2D eigenvalue weighted by molar-refractivity contribution is 5.33. The first kappa shape index (κ1) is 12.8. The number of hydrogen-bond donors (Lipinski definition) is 0. The molecule has 0 aromatic heterocycles. The Hall–Kier alpha value is -1.64. The predicted molar refractivity (Wildman–Crippen MR) is 72.4 cm³/mol. The van der Waals surface area contributed by atoms with Gasteiger partial charge in [0.1, 0.15) is 0 Å². The highest BCUT2D eigenvalue weighted by atomic mass is 16.7. The smallest absolute Gasteiger partial charge is 0.183 e. The van der Waals surface area contributed by atoms with Crippen LogP contribution in [0, 0.1) is 0 Å². The molecule has 0 aliphatic carbocycles. The summed E-state index contributed by atoms with van der Waals surface area (Å²) in [4.78, 5) is 0. The lowest BCUT2D eigenvalue weighted by molar-refractivity contribution is -0.106. The minimum Gasteiger partial charge on any atom is -0.352 e. The monoisotopic (exact) mass is 242 g/mol. The van der Waals surface area contributed by atoms with Gasteiger partial charge in [0.25, 0.3) is 0 Å². The van der Waals surface area contributed by atoms with Crippen LogP contribution in [0.2, 0.25) is 0 Å². The Labute approximate surface area is 108 Å². The van der Waals surface area contributed by atoms with E-state index >= 15 is 0 Å². The van der Waals surface area contributed by atoms with Crippen LogP contribution in [0.25, 0.3) is 0 Å². The Kier molecular flexibility index (Phi) is 4.51. The van der Waals surface area contributed by atoms with Crippen LogP contribution >= 0.6 is 0 Å². The molecule has 0 saturated carbocycles. The van der Waals surface area contributed by atoms with E-state index < -0.39 is 0 Å². The van der Waals surface area contributed by atoms with Gasteiger partial charge in [0.2, 0.25) is 0 Å². The van der Waals surface area contributed by atoms with Gasteiger partial charge in [-0.05, 0) is 17.5 Å². The average Bonchev–Trinajstić information content (AvgIpc) is 2.43. The van der Waals surface area contributed by atoms with Crippen molar-refractivity contribution in [3.8, 4) is 0 Å². The Morgan fingerprint density at radius 1 is 0.833 bits per heavy atom. The molecule has 2 aromatic carbocycles. The molecule has 0 atom stereocenters. The van der Waals surface area contributed by atoms with Crippen molar-refractivity contribution < 1.29 is 9.47 Å². The fourth-order valence-corrected chi connectivity index (χ4v) is 2.09. The van der Waals surface area contributed by atoms with Gasteiger partial charge in [-0.25, -0.2) is 0 Å². The quantitative estimate of drug-likeness (QED) is 0.746. The van der Waals surface area contributed by atoms with E-state index in [1.807, 2.05) is 18.2 Å². The van der Waals surface area contributed by atoms with Gasteiger partial charge in [-0.2, -0.15) is 0 Å². The number of methoxy groups -OCH3 is 2. The van der Waals surface area contributed by atoms with Gasteiger partial charge >= 0.3 is 0 Å². The minimum absolute atomic E-state index is 0.301. The third-order valence-electron chi connectivity index (χ3n) is 2.97. The second-order valence-electron chi connectivity index (χ2n) is 4.16. The zero-order valence-corrected chi connectivity index (χ0v) is 10.8. The fourth-order valence-electron chi connectivity index (χ4n) is 2.09. The summed E-state index contributed by atoms with van der Waals surface area (Å²) in [6.45, 7) is 0. The van der Waals surface area contributed by atoms with Crippen LogP contribution in [0.4, 0.5) is 0 Å². The molecule has 2 heteroatoms. The predicted octanol–water partition coefficient (Wildman–Crippen LogP) is 3.57. The van der Waals surface area contributed by atoms with Gasteiger partial charge in [-0.1, -0.05) is 54.6 Å². The summed E-state index contributed by atoms with van der Waals surface area (Å²) in [5, 5.41) is 0. The lowest BCUT2D eigenvalue weighted by Gasteiger charge is -2.17. The Morgan fingerprint density at radius 2 is 1.44 bits per heavy atom. The molecule has 0 radical (unpaired) electrons. The molecular weight excluding hydrogens is 224 g/mol. The molecule has 94 valence electrons. The molecule has 0 spiro atoms. The molecule has 2 rings (SSSR count). The average molecular weight is 242 g/mol. The fraction of sp³-hybridized carbons (Fsp3) is 0.250. The van der Waals surface area contributed by atoms with E-state index in [4.69, 9.17) is 9.47 Å². The summed E-state index contributed by atoms with van der Waals surface area (Å²) < 4.78 is 10.7. The van der Waals surface area contributed by atoms with E-state index in [1.165, 1.54) is 11.1 Å². The van der Waals surface area contributed by atoms with Gasteiger partial charge in [0.05, 0.1) is 0 Å². The molecule has 0 unspecified atom stereocenters. The summed E-state index contributed by atoms with van der Waals surface area (Å²) in [6, 6.07) is 18.6. The first-order valence-corrected chi connectivity index (χ1v) is 6.02. The van der Waals surface area contributed by atoms with E-state index in [0.717, 1.165) is 12.0 Å². The maximum absolute atomic E-state index is 5.34. The standard InChI is InChI=1S/C16H18O2/c1-17-16(18-2)15-11-7-6-10-14(15)12-13-8-4-3-5-9-13/h3-11,16H,12H2,1-2H3. The summed E-state index contributed by atoms with van der Waals surface area (Å²) in [6.07, 6.45) is 0.588. The van der Waals surface area contributed by atoms with E-state index in [0.29, 0.717) is 0 Å². The van der Waals surface area contributed by atoms with E-state index in [1.54, 1.807) is 14.2 Å². The van der Waals surface area contributed by atoms with Crippen LogP contribution in [0.15, 0.2) is 54.6 Å². The number of rotatable bonds is 5. The number of hydrogen-bond acceptors (Lipinski definition) is 2. The lowest BCUT2D eigenvalue weighted by Crippen LogP contribution is -2.07. The van der Waals surface area contributed by atoms with Crippen molar-refractivity contribution >= 4 is 0 Å². The molecule has 0 aliphatic rings. The molecule has 0 heterocycles. The molecular formula is C16H18O2. The van der Waals surface area contributed by atoms with Crippen molar-refractivity contribution in [3.05, 3.63) is 71.3 Å². The molecule has 0 amide bonds. The van der Waals surface area contributed by atoms with Crippen molar-refractivity contribution in [2.24, 2.45) is 0 Å². The Balaban J connectivity index is 2.28. The first-order valence-electron chi connectivity index (χ1n) is 6.02. The van der Waals surface area contributed by atoms with Gasteiger partial charge in [-0.3, -0.25) is 0 Å². The molecule has 0 saturated heterocycles. The molecule has 2 nitrogen and oxygen atoms in total. The Bertz CT molecular complexity index is 475. The van der Waals surface area contributed by atoms with Gasteiger partial charge in [-0.15, -0.1) is 0 Å². The van der Waals surface area contributed by atoms with Crippen LogP contribution in [0.3, 0.4) is 0 Å². The third-order valence-corrected chi connectivity index (χ3v) is 2.97. The SMILES string of the molecule is COC(OC)c1ccccc1Cc1ccccc1. The van der Waals surface area contributed by atoms with E-state index in [9.17, 15) is 0 Å². The maximum atomic E-state index is 5.34.